The van der Waals surface area contributed by atoms with Crippen LogP contribution in [0.4, 0.5) is 4.39 Å². The zero-order valence-electron chi connectivity index (χ0n) is 12.9. The van der Waals surface area contributed by atoms with Gasteiger partial charge in [0.25, 0.3) is 0 Å². The molecule has 1 N–H and O–H groups in total. The lowest BCUT2D eigenvalue weighted by Crippen LogP contribution is -2.11. The Balaban J connectivity index is 2.38. The average molecular weight is 383 g/mol. The van der Waals surface area contributed by atoms with Crippen LogP contribution < -0.4 is 0 Å². The van der Waals surface area contributed by atoms with Crippen LogP contribution in [-0.4, -0.2) is 29.0 Å². The zero-order chi connectivity index (χ0) is 18.4. The van der Waals surface area contributed by atoms with Crippen LogP contribution >= 0.6 is 11.6 Å². The third-order valence-electron chi connectivity index (χ3n) is 3.82. The predicted octanol–water partition coefficient (Wildman–Crippen LogP) is 3.05. The first-order valence-corrected chi connectivity index (χ1v) is 8.95. The van der Waals surface area contributed by atoms with Crippen molar-refractivity contribution in [1.29, 1.82) is 0 Å². The van der Waals surface area contributed by atoms with Gasteiger partial charge in [-0.3, -0.25) is 4.79 Å². The number of halogens is 2. The number of rotatable bonds is 4. The number of sulfone groups is 1. The minimum absolute atomic E-state index is 0.0505. The van der Waals surface area contributed by atoms with E-state index in [9.17, 15) is 17.6 Å². The van der Waals surface area contributed by atoms with Gasteiger partial charge in [0.1, 0.15) is 22.4 Å². The van der Waals surface area contributed by atoms with Crippen molar-refractivity contribution >= 4 is 38.3 Å². The Morgan fingerprint density at radius 1 is 1.28 bits per heavy atom. The number of benzene rings is 1. The lowest BCUT2D eigenvalue weighted by Gasteiger charge is -2.07. The standard InChI is InChI=1S/C16H12ClFN2O4S/c1-9-15(25(23,24)11-4-2-10(18)3-5-11)14-12(6-7-19-16(14)17)20(9)8-13(21)22/h2-7H,8H2,1H3,(H,21,22). The summed E-state index contributed by atoms with van der Waals surface area (Å²) in [6.45, 7) is 1.07. The maximum atomic E-state index is 13.1. The topological polar surface area (TPSA) is 89.3 Å². The summed E-state index contributed by atoms with van der Waals surface area (Å²) in [5, 5.41) is 9.21. The van der Waals surface area contributed by atoms with E-state index in [1.807, 2.05) is 0 Å². The van der Waals surface area contributed by atoms with Crippen molar-refractivity contribution in [2.24, 2.45) is 0 Å². The second-order valence-electron chi connectivity index (χ2n) is 5.35. The molecule has 130 valence electrons. The highest BCUT2D eigenvalue weighted by Gasteiger charge is 2.29. The molecule has 0 saturated heterocycles. The molecule has 0 bridgehead atoms. The van der Waals surface area contributed by atoms with Gasteiger partial charge in [-0.15, -0.1) is 0 Å². The van der Waals surface area contributed by atoms with Crippen LogP contribution in [0.5, 0.6) is 0 Å². The van der Waals surface area contributed by atoms with Crippen LogP contribution in [0.1, 0.15) is 5.69 Å². The largest absolute Gasteiger partial charge is 0.480 e. The van der Waals surface area contributed by atoms with Gasteiger partial charge in [0.2, 0.25) is 9.84 Å². The van der Waals surface area contributed by atoms with E-state index in [2.05, 4.69) is 4.98 Å². The molecule has 1 aromatic carbocycles. The molecular formula is C16H12ClFN2O4S. The molecular weight excluding hydrogens is 371 g/mol. The van der Waals surface area contributed by atoms with E-state index < -0.39 is 28.2 Å². The summed E-state index contributed by atoms with van der Waals surface area (Å²) in [7, 11) is -4.06. The number of carbonyl (C=O) groups is 1. The van der Waals surface area contributed by atoms with Crippen LogP contribution in [-0.2, 0) is 21.2 Å². The molecule has 2 aromatic heterocycles. The van der Waals surface area contributed by atoms with Gasteiger partial charge in [0.15, 0.2) is 0 Å². The minimum Gasteiger partial charge on any atom is -0.480 e. The Hall–Kier alpha value is -2.45. The Kier molecular flexibility index (Phi) is 4.26. The van der Waals surface area contributed by atoms with Crippen LogP contribution in [0.15, 0.2) is 46.3 Å². The summed E-state index contributed by atoms with van der Waals surface area (Å²) in [6.07, 6.45) is 1.37. The van der Waals surface area contributed by atoms with Gasteiger partial charge < -0.3 is 9.67 Å². The molecule has 0 aliphatic carbocycles. The number of hydrogen-bond donors (Lipinski definition) is 1. The number of aliphatic carboxylic acids is 1. The van der Waals surface area contributed by atoms with Crippen molar-refractivity contribution in [3.63, 3.8) is 0 Å². The van der Waals surface area contributed by atoms with Crippen LogP contribution in [0.3, 0.4) is 0 Å². The van der Waals surface area contributed by atoms with Crippen LogP contribution in [0, 0.1) is 12.7 Å². The number of nitrogens with zero attached hydrogens (tertiary/aromatic N) is 2. The van der Waals surface area contributed by atoms with Crippen molar-refractivity contribution in [2.45, 2.75) is 23.3 Å². The number of pyridine rings is 1. The second-order valence-corrected chi connectivity index (χ2v) is 7.59. The molecule has 0 spiro atoms. The molecule has 3 aromatic rings. The van der Waals surface area contributed by atoms with Crippen LogP contribution in [0.2, 0.25) is 5.15 Å². The second kappa shape index (κ2) is 6.12. The van der Waals surface area contributed by atoms with Crippen molar-refractivity contribution in [1.82, 2.24) is 9.55 Å². The molecule has 0 aliphatic heterocycles. The van der Waals surface area contributed by atoms with Crippen molar-refractivity contribution in [2.75, 3.05) is 0 Å². The highest BCUT2D eigenvalue weighted by atomic mass is 35.5. The van der Waals surface area contributed by atoms with E-state index in [4.69, 9.17) is 16.7 Å². The van der Waals surface area contributed by atoms with E-state index in [-0.39, 0.29) is 26.0 Å². The van der Waals surface area contributed by atoms with Gasteiger partial charge in [-0.25, -0.2) is 17.8 Å². The molecule has 2 heterocycles. The molecule has 0 unspecified atom stereocenters. The number of fused-ring (bicyclic) bond motifs is 1. The molecule has 0 amide bonds. The van der Waals surface area contributed by atoms with E-state index in [0.717, 1.165) is 24.3 Å². The SMILES string of the molecule is Cc1c(S(=O)(=O)c2ccc(F)cc2)c2c(Cl)nccc2n1CC(=O)O. The monoisotopic (exact) mass is 382 g/mol. The van der Waals surface area contributed by atoms with Gasteiger partial charge in [0.05, 0.1) is 15.8 Å². The first-order chi connectivity index (χ1) is 11.7. The third-order valence-corrected chi connectivity index (χ3v) is 6.04. The molecule has 25 heavy (non-hydrogen) atoms. The molecule has 0 fully saturated rings. The Morgan fingerprint density at radius 2 is 1.92 bits per heavy atom. The predicted molar refractivity (Wildman–Crippen MR) is 89.0 cm³/mol. The molecule has 0 aliphatic rings. The highest BCUT2D eigenvalue weighted by Crippen LogP contribution is 2.36. The fourth-order valence-electron chi connectivity index (χ4n) is 2.75. The lowest BCUT2D eigenvalue weighted by molar-refractivity contribution is -0.137. The first kappa shape index (κ1) is 17.4. The summed E-state index contributed by atoms with van der Waals surface area (Å²) in [6, 6.07) is 5.88. The molecule has 0 radical (unpaired) electrons. The quantitative estimate of drug-likeness (QED) is 0.553. The molecule has 0 saturated carbocycles. The van der Waals surface area contributed by atoms with Crippen molar-refractivity contribution in [3.05, 3.63) is 53.2 Å². The molecule has 6 nitrogen and oxygen atoms in total. The third kappa shape index (κ3) is 2.87. The van der Waals surface area contributed by atoms with E-state index in [1.165, 1.54) is 23.8 Å². The zero-order valence-corrected chi connectivity index (χ0v) is 14.5. The molecule has 9 heteroatoms. The van der Waals surface area contributed by atoms with Gasteiger partial charge in [-0.05, 0) is 37.3 Å². The van der Waals surface area contributed by atoms with E-state index in [0.29, 0.717) is 5.52 Å². The highest BCUT2D eigenvalue weighted by molar-refractivity contribution is 7.91. The van der Waals surface area contributed by atoms with E-state index >= 15 is 0 Å². The number of carboxylic acid groups (broad SMARTS) is 1. The van der Waals surface area contributed by atoms with Crippen molar-refractivity contribution in [3.8, 4) is 0 Å². The Labute approximate surface area is 147 Å². The summed E-state index contributed by atoms with van der Waals surface area (Å²) in [4.78, 5) is 14.8. The smallest absolute Gasteiger partial charge is 0.323 e. The maximum absolute atomic E-state index is 13.1. The van der Waals surface area contributed by atoms with Gasteiger partial charge in [-0.2, -0.15) is 0 Å². The average Bonchev–Trinajstić information content (AvgIpc) is 2.82. The Bertz CT molecular complexity index is 1090. The fourth-order valence-corrected chi connectivity index (χ4v) is 4.75. The van der Waals surface area contributed by atoms with Gasteiger partial charge in [0, 0.05) is 11.9 Å². The molecule has 0 atom stereocenters. The van der Waals surface area contributed by atoms with Gasteiger partial charge in [-0.1, -0.05) is 11.6 Å². The summed E-state index contributed by atoms with van der Waals surface area (Å²) in [5.74, 6) is -1.69. The van der Waals surface area contributed by atoms with E-state index in [1.54, 1.807) is 0 Å². The van der Waals surface area contributed by atoms with Gasteiger partial charge >= 0.3 is 5.97 Å². The number of aromatic nitrogens is 2. The first-order valence-electron chi connectivity index (χ1n) is 7.09. The van der Waals surface area contributed by atoms with Crippen LogP contribution in [0.25, 0.3) is 10.9 Å². The normalized spacial score (nSPS) is 11.8. The molecule has 3 rings (SSSR count). The number of hydrogen-bond acceptors (Lipinski definition) is 4. The number of carboxylic acids is 1. The summed E-state index contributed by atoms with van der Waals surface area (Å²) in [5.41, 5.74) is 0.567. The minimum atomic E-state index is -4.06. The van der Waals surface area contributed by atoms with Crippen molar-refractivity contribution < 1.29 is 22.7 Å². The summed E-state index contributed by atoms with van der Waals surface area (Å²) >= 11 is 6.11. The fraction of sp³-hybridized carbons (Fsp3) is 0.125. The maximum Gasteiger partial charge on any atom is 0.323 e. The summed E-state index contributed by atoms with van der Waals surface area (Å²) < 4.78 is 40.6. The Morgan fingerprint density at radius 3 is 2.52 bits per heavy atom. The lowest BCUT2D eigenvalue weighted by atomic mass is 10.3.